The highest BCUT2D eigenvalue weighted by Crippen LogP contribution is 2.24. The molecule has 1 saturated heterocycles. The summed E-state index contributed by atoms with van der Waals surface area (Å²) in [7, 11) is 1.72. The number of hydrogen-bond acceptors (Lipinski definition) is 4. The summed E-state index contributed by atoms with van der Waals surface area (Å²) in [6.07, 6.45) is 2.20. The number of likely N-dealkylation sites (tertiary alicyclic amines) is 1. The van der Waals surface area contributed by atoms with Crippen LogP contribution in [0.4, 0.5) is 5.82 Å². The van der Waals surface area contributed by atoms with Gasteiger partial charge in [0.25, 0.3) is 0 Å². The molecular weight excluding hydrogens is 212 g/mol. The molecule has 1 amide bonds. The smallest absolute Gasteiger partial charge is 0.358 e. The van der Waals surface area contributed by atoms with Crippen LogP contribution in [0, 0.1) is 17.0 Å². The van der Waals surface area contributed by atoms with Crippen LogP contribution in [0.3, 0.4) is 0 Å². The Kier molecular flexibility index (Phi) is 2.37. The van der Waals surface area contributed by atoms with Gasteiger partial charge in [0.05, 0.1) is 16.9 Å². The summed E-state index contributed by atoms with van der Waals surface area (Å²) in [6, 6.07) is -0.391. The number of carbonyl (C=O) groups is 1. The number of aryl methyl sites for hydroxylation is 1. The lowest BCUT2D eigenvalue weighted by molar-refractivity contribution is -0.390. The highest BCUT2D eigenvalue weighted by molar-refractivity contribution is 5.82. The van der Waals surface area contributed by atoms with E-state index in [4.69, 9.17) is 0 Å². The molecule has 0 saturated carbocycles. The summed E-state index contributed by atoms with van der Waals surface area (Å²) in [5.41, 5.74) is 0.479. The molecule has 86 valence electrons. The van der Waals surface area contributed by atoms with E-state index in [0.29, 0.717) is 18.5 Å². The molecule has 1 fully saturated rings. The van der Waals surface area contributed by atoms with Gasteiger partial charge in [-0.25, -0.2) is 0 Å². The van der Waals surface area contributed by atoms with E-state index >= 15 is 0 Å². The zero-order valence-corrected chi connectivity index (χ0v) is 9.08. The quantitative estimate of drug-likeness (QED) is 0.541. The van der Waals surface area contributed by atoms with Crippen LogP contribution in [0.25, 0.3) is 0 Å². The molecule has 0 aliphatic carbocycles. The highest BCUT2D eigenvalue weighted by atomic mass is 16.6. The topological polar surface area (TPSA) is 81.3 Å². The average Bonchev–Trinajstić information content (AvgIpc) is 2.73. The van der Waals surface area contributed by atoms with Crippen molar-refractivity contribution in [2.75, 3.05) is 13.6 Å². The van der Waals surface area contributed by atoms with Gasteiger partial charge < -0.3 is 15.0 Å². The molecule has 7 nitrogen and oxygen atoms in total. The molecule has 1 aliphatic heterocycles. The van der Waals surface area contributed by atoms with Gasteiger partial charge in [-0.3, -0.25) is 4.79 Å². The van der Waals surface area contributed by atoms with Gasteiger partial charge in [0.1, 0.15) is 0 Å². The third kappa shape index (κ3) is 1.54. The summed E-state index contributed by atoms with van der Waals surface area (Å²) in [6.45, 7) is 2.28. The van der Waals surface area contributed by atoms with Gasteiger partial charge in [-0.1, -0.05) is 0 Å². The van der Waals surface area contributed by atoms with Crippen molar-refractivity contribution in [2.45, 2.75) is 19.4 Å². The number of amides is 1. The molecule has 0 radical (unpaired) electrons. The zero-order chi connectivity index (χ0) is 11.9. The van der Waals surface area contributed by atoms with E-state index in [2.05, 4.69) is 5.10 Å². The van der Waals surface area contributed by atoms with Crippen LogP contribution in [0.15, 0.2) is 6.20 Å². The van der Waals surface area contributed by atoms with E-state index in [1.165, 1.54) is 4.68 Å². The Morgan fingerprint density at radius 1 is 1.62 bits per heavy atom. The summed E-state index contributed by atoms with van der Waals surface area (Å²) >= 11 is 0. The first-order chi connectivity index (χ1) is 7.50. The minimum atomic E-state index is -0.533. The summed E-state index contributed by atoms with van der Waals surface area (Å²) < 4.78 is 1.40. The number of likely N-dealkylation sites (N-methyl/N-ethyl adjacent to an activating group) is 1. The standard InChI is InChI=1S/C9H12N4O3/c1-6-5-12(10-8(6)13(15)16)7-3-4-11(2)9(7)14/h5,7H,3-4H2,1-2H3. The van der Waals surface area contributed by atoms with Gasteiger partial charge >= 0.3 is 5.82 Å². The van der Waals surface area contributed by atoms with E-state index in [9.17, 15) is 14.9 Å². The van der Waals surface area contributed by atoms with Crippen molar-refractivity contribution in [3.8, 4) is 0 Å². The van der Waals surface area contributed by atoms with Crippen molar-refractivity contribution < 1.29 is 9.72 Å². The van der Waals surface area contributed by atoms with Crippen LogP contribution in [0.1, 0.15) is 18.0 Å². The largest absolute Gasteiger partial charge is 0.392 e. The van der Waals surface area contributed by atoms with Gasteiger partial charge in [-0.05, 0) is 18.3 Å². The molecule has 1 aromatic heterocycles. The van der Waals surface area contributed by atoms with Gasteiger partial charge in [-0.15, -0.1) is 0 Å². The van der Waals surface area contributed by atoms with E-state index in [-0.39, 0.29) is 11.7 Å². The molecule has 1 atom stereocenters. The second-order valence-corrected chi connectivity index (χ2v) is 3.94. The molecule has 7 heteroatoms. The Morgan fingerprint density at radius 2 is 2.31 bits per heavy atom. The molecular formula is C9H12N4O3. The predicted molar refractivity (Wildman–Crippen MR) is 54.9 cm³/mol. The number of nitro groups is 1. The first kappa shape index (κ1) is 10.6. The molecule has 0 bridgehead atoms. The highest BCUT2D eigenvalue weighted by Gasteiger charge is 2.34. The molecule has 0 spiro atoms. The van der Waals surface area contributed by atoms with Crippen molar-refractivity contribution in [3.05, 3.63) is 21.9 Å². The van der Waals surface area contributed by atoms with Crippen molar-refractivity contribution in [1.82, 2.24) is 14.7 Å². The van der Waals surface area contributed by atoms with Gasteiger partial charge in [0, 0.05) is 13.6 Å². The molecule has 2 heterocycles. The van der Waals surface area contributed by atoms with Crippen molar-refractivity contribution in [1.29, 1.82) is 0 Å². The first-order valence-corrected chi connectivity index (χ1v) is 4.96. The monoisotopic (exact) mass is 224 g/mol. The minimum Gasteiger partial charge on any atom is -0.358 e. The molecule has 1 aromatic rings. The second kappa shape index (κ2) is 3.58. The Morgan fingerprint density at radius 3 is 2.75 bits per heavy atom. The maximum atomic E-state index is 11.7. The number of aromatic nitrogens is 2. The second-order valence-electron chi connectivity index (χ2n) is 3.94. The Labute approximate surface area is 91.8 Å². The molecule has 1 unspecified atom stereocenters. The van der Waals surface area contributed by atoms with Crippen LogP contribution in [-0.2, 0) is 4.79 Å². The lowest BCUT2D eigenvalue weighted by atomic mass is 10.2. The van der Waals surface area contributed by atoms with Crippen LogP contribution < -0.4 is 0 Å². The lowest BCUT2D eigenvalue weighted by Crippen LogP contribution is -2.24. The molecule has 0 N–H and O–H groups in total. The predicted octanol–water partition coefficient (Wildman–Crippen LogP) is 0.503. The van der Waals surface area contributed by atoms with E-state index in [1.54, 1.807) is 25.1 Å². The number of hydrogen-bond donors (Lipinski definition) is 0. The zero-order valence-electron chi connectivity index (χ0n) is 9.08. The molecule has 1 aliphatic rings. The summed E-state index contributed by atoms with van der Waals surface area (Å²) in [4.78, 5) is 23.4. The van der Waals surface area contributed by atoms with Crippen LogP contribution in [0.5, 0.6) is 0 Å². The Bertz CT molecular complexity index is 454. The van der Waals surface area contributed by atoms with E-state index in [0.717, 1.165) is 0 Å². The third-order valence-electron chi connectivity index (χ3n) is 2.78. The number of nitrogens with zero attached hydrogens (tertiary/aromatic N) is 4. The van der Waals surface area contributed by atoms with Gasteiger partial charge in [0.15, 0.2) is 6.04 Å². The number of rotatable bonds is 2. The van der Waals surface area contributed by atoms with Crippen LogP contribution >= 0.6 is 0 Å². The number of carbonyl (C=O) groups excluding carboxylic acids is 1. The fourth-order valence-corrected chi connectivity index (χ4v) is 1.86. The SMILES string of the molecule is Cc1cn(C2CCN(C)C2=O)nc1[N+](=O)[O-]. The van der Waals surface area contributed by atoms with Crippen LogP contribution in [-0.4, -0.2) is 39.1 Å². The fraction of sp³-hybridized carbons (Fsp3) is 0.556. The van der Waals surface area contributed by atoms with Gasteiger partial charge in [0.2, 0.25) is 5.91 Å². The molecule has 0 aromatic carbocycles. The Hall–Kier alpha value is -1.92. The lowest BCUT2D eigenvalue weighted by Gasteiger charge is -2.07. The summed E-state index contributed by atoms with van der Waals surface area (Å²) in [5, 5.41) is 14.5. The van der Waals surface area contributed by atoms with E-state index in [1.807, 2.05) is 0 Å². The molecule has 16 heavy (non-hydrogen) atoms. The van der Waals surface area contributed by atoms with Crippen molar-refractivity contribution >= 4 is 11.7 Å². The molecule has 2 rings (SSSR count). The maximum Gasteiger partial charge on any atom is 0.392 e. The fourth-order valence-electron chi connectivity index (χ4n) is 1.86. The maximum absolute atomic E-state index is 11.7. The average molecular weight is 224 g/mol. The third-order valence-corrected chi connectivity index (χ3v) is 2.78. The van der Waals surface area contributed by atoms with Crippen molar-refractivity contribution in [3.63, 3.8) is 0 Å². The van der Waals surface area contributed by atoms with E-state index < -0.39 is 11.0 Å². The Balaban J connectivity index is 2.32. The minimum absolute atomic E-state index is 0.0441. The van der Waals surface area contributed by atoms with Gasteiger partial charge in [-0.2, -0.15) is 4.68 Å². The first-order valence-electron chi connectivity index (χ1n) is 4.96. The normalized spacial score (nSPS) is 20.5. The van der Waals surface area contributed by atoms with Crippen LogP contribution in [0.2, 0.25) is 0 Å². The van der Waals surface area contributed by atoms with Crippen molar-refractivity contribution in [2.24, 2.45) is 0 Å². The summed E-state index contributed by atoms with van der Waals surface area (Å²) in [5.74, 6) is -0.222.